The Morgan fingerprint density at radius 1 is 0.288 bits per heavy atom. The maximum atomic E-state index is 2.50. The van der Waals surface area contributed by atoms with E-state index in [1.807, 2.05) is 0 Å². The zero-order valence-corrected chi connectivity index (χ0v) is 32.3. The van der Waals surface area contributed by atoms with Crippen molar-refractivity contribution in [3.63, 3.8) is 0 Å². The van der Waals surface area contributed by atoms with Crippen LogP contribution in [0.25, 0.3) is 43.8 Å². The summed E-state index contributed by atoms with van der Waals surface area (Å²) in [5, 5.41) is 4.93. The number of para-hydroxylation sites is 3. The SMILES string of the molecule is c1ccc(N(c2ccc3c(c2)[C@@]2(c4ccccc4-3)c3ccccc3-c3c2c(N(c2ccccc2)c2ccccc2)cc2ccccc32)c2ccc3ccccc3c2)cc1. The molecule has 2 nitrogen and oxygen atoms in total. The van der Waals surface area contributed by atoms with Crippen LogP contribution >= 0.6 is 0 Å². The summed E-state index contributed by atoms with van der Waals surface area (Å²) in [4.78, 5) is 4.90. The van der Waals surface area contributed by atoms with Gasteiger partial charge >= 0.3 is 0 Å². The fourth-order valence-corrected chi connectivity index (χ4v) is 10.2. The van der Waals surface area contributed by atoms with Crippen LogP contribution in [0.4, 0.5) is 34.1 Å². The number of hydrogen-bond donors (Lipinski definition) is 0. The Bertz CT molecular complexity index is 3190. The maximum Gasteiger partial charge on any atom is 0.0747 e. The Labute approximate surface area is 344 Å². The van der Waals surface area contributed by atoms with Crippen molar-refractivity contribution < 1.29 is 0 Å². The molecular weight excluding hydrogens is 713 g/mol. The summed E-state index contributed by atoms with van der Waals surface area (Å²) in [5.74, 6) is 0. The van der Waals surface area contributed by atoms with Crippen LogP contribution in [0, 0.1) is 0 Å². The van der Waals surface area contributed by atoms with Gasteiger partial charge in [-0.1, -0.05) is 164 Å². The van der Waals surface area contributed by atoms with Crippen LogP contribution in [0.5, 0.6) is 0 Å². The second kappa shape index (κ2) is 13.2. The van der Waals surface area contributed by atoms with E-state index < -0.39 is 5.41 Å². The minimum Gasteiger partial charge on any atom is -0.310 e. The lowest BCUT2D eigenvalue weighted by atomic mass is 9.69. The summed E-state index contributed by atoms with van der Waals surface area (Å²) in [6.45, 7) is 0. The molecule has 0 bridgehead atoms. The zero-order valence-electron chi connectivity index (χ0n) is 32.3. The highest BCUT2D eigenvalue weighted by Crippen LogP contribution is 2.67. The third-order valence-corrected chi connectivity index (χ3v) is 12.6. The van der Waals surface area contributed by atoms with E-state index in [2.05, 4.69) is 240 Å². The molecule has 0 radical (unpaired) electrons. The van der Waals surface area contributed by atoms with E-state index in [1.165, 1.54) is 71.7 Å². The summed E-state index contributed by atoms with van der Waals surface area (Å²) in [7, 11) is 0. The van der Waals surface area contributed by atoms with Gasteiger partial charge in [0.2, 0.25) is 0 Å². The lowest BCUT2D eigenvalue weighted by Crippen LogP contribution is -2.28. The average Bonchev–Trinajstić information content (AvgIpc) is 3.78. The molecule has 59 heavy (non-hydrogen) atoms. The van der Waals surface area contributed by atoms with Gasteiger partial charge in [0, 0.05) is 34.0 Å². The summed E-state index contributed by atoms with van der Waals surface area (Å²) in [6, 6.07) is 84.9. The molecule has 276 valence electrons. The van der Waals surface area contributed by atoms with Crippen LogP contribution in [0.2, 0.25) is 0 Å². The maximum absolute atomic E-state index is 2.50. The van der Waals surface area contributed by atoms with Crippen molar-refractivity contribution in [3.05, 3.63) is 253 Å². The van der Waals surface area contributed by atoms with Gasteiger partial charge in [-0.3, -0.25) is 0 Å². The average molecular weight is 751 g/mol. The van der Waals surface area contributed by atoms with Crippen molar-refractivity contribution in [1.29, 1.82) is 0 Å². The van der Waals surface area contributed by atoms with Crippen molar-refractivity contribution in [2.24, 2.45) is 0 Å². The predicted octanol–water partition coefficient (Wildman–Crippen LogP) is 15.3. The van der Waals surface area contributed by atoms with Gasteiger partial charge in [-0.15, -0.1) is 0 Å². The molecule has 2 aliphatic rings. The number of fused-ring (bicyclic) bond motifs is 13. The van der Waals surface area contributed by atoms with Crippen molar-refractivity contribution in [2.75, 3.05) is 9.80 Å². The van der Waals surface area contributed by atoms with E-state index in [-0.39, 0.29) is 0 Å². The smallest absolute Gasteiger partial charge is 0.0747 e. The molecule has 0 saturated heterocycles. The van der Waals surface area contributed by atoms with Crippen LogP contribution < -0.4 is 9.80 Å². The van der Waals surface area contributed by atoms with E-state index in [9.17, 15) is 0 Å². The number of nitrogens with zero attached hydrogens (tertiary/aromatic N) is 2. The zero-order chi connectivity index (χ0) is 38.9. The van der Waals surface area contributed by atoms with Gasteiger partial charge in [0.15, 0.2) is 0 Å². The van der Waals surface area contributed by atoms with E-state index in [0.717, 1.165) is 28.4 Å². The van der Waals surface area contributed by atoms with Crippen molar-refractivity contribution >= 4 is 55.7 Å². The Hall–Kier alpha value is -7.68. The van der Waals surface area contributed by atoms with E-state index in [1.54, 1.807) is 0 Å². The molecule has 1 spiro atoms. The van der Waals surface area contributed by atoms with Gasteiger partial charge in [0.05, 0.1) is 11.1 Å². The minimum atomic E-state index is -0.624. The molecule has 0 saturated carbocycles. The van der Waals surface area contributed by atoms with Crippen LogP contribution in [0.1, 0.15) is 22.3 Å². The Morgan fingerprint density at radius 2 is 0.780 bits per heavy atom. The Balaban J connectivity index is 1.21. The number of hydrogen-bond acceptors (Lipinski definition) is 2. The van der Waals surface area contributed by atoms with Crippen molar-refractivity contribution in [1.82, 2.24) is 0 Å². The second-order valence-corrected chi connectivity index (χ2v) is 15.6. The quantitative estimate of drug-likeness (QED) is 0.167. The molecule has 10 aromatic carbocycles. The number of anilines is 6. The first-order chi connectivity index (χ1) is 29.3. The van der Waals surface area contributed by atoms with Gasteiger partial charge in [0.25, 0.3) is 0 Å². The summed E-state index contributed by atoms with van der Waals surface area (Å²) < 4.78 is 0. The van der Waals surface area contributed by atoms with Crippen LogP contribution in [-0.4, -0.2) is 0 Å². The molecule has 0 heterocycles. The molecule has 12 rings (SSSR count). The topological polar surface area (TPSA) is 6.48 Å². The van der Waals surface area contributed by atoms with Crippen LogP contribution in [0.15, 0.2) is 231 Å². The molecule has 0 fully saturated rings. The Kier molecular flexibility index (Phi) is 7.48. The fraction of sp³-hybridized carbons (Fsp3) is 0.0175. The van der Waals surface area contributed by atoms with Gasteiger partial charge < -0.3 is 9.80 Å². The third kappa shape index (κ3) is 4.93. The van der Waals surface area contributed by atoms with Gasteiger partial charge in [-0.2, -0.15) is 0 Å². The molecule has 0 unspecified atom stereocenters. The molecule has 0 N–H and O–H groups in total. The minimum absolute atomic E-state index is 0.624. The molecule has 0 aromatic heterocycles. The molecule has 0 amide bonds. The first-order valence-corrected chi connectivity index (χ1v) is 20.4. The normalized spacial score (nSPS) is 14.5. The van der Waals surface area contributed by atoms with E-state index >= 15 is 0 Å². The van der Waals surface area contributed by atoms with Gasteiger partial charge in [-0.05, 0) is 127 Å². The number of benzene rings is 10. The highest BCUT2D eigenvalue weighted by Gasteiger charge is 2.54. The largest absolute Gasteiger partial charge is 0.310 e. The lowest BCUT2D eigenvalue weighted by molar-refractivity contribution is 0.793. The first kappa shape index (κ1) is 33.5. The molecule has 2 aliphatic carbocycles. The van der Waals surface area contributed by atoms with Crippen molar-refractivity contribution in [3.8, 4) is 22.3 Å². The molecular formula is C57H38N2. The standard InChI is InChI=1S/C57H38N2/c1-4-21-42(22-5-1)58(45-33-32-39-18-10-11-19-40(39)36-45)46-34-35-49-48-28-14-16-30-51(48)57(53(49)38-46)52-31-17-15-29-50(52)55-47-27-13-12-20-41(47)37-54(56(55)57)59(43-23-6-2-7-24-43)44-25-8-3-9-26-44/h1-38H/t57-/m1/s1. The fourth-order valence-electron chi connectivity index (χ4n) is 10.2. The van der Waals surface area contributed by atoms with E-state index in [4.69, 9.17) is 0 Å². The van der Waals surface area contributed by atoms with Crippen LogP contribution in [-0.2, 0) is 5.41 Å². The highest BCUT2D eigenvalue weighted by atomic mass is 15.2. The first-order valence-electron chi connectivity index (χ1n) is 20.4. The molecule has 2 heteroatoms. The van der Waals surface area contributed by atoms with Gasteiger partial charge in [-0.25, -0.2) is 0 Å². The predicted molar refractivity (Wildman–Crippen MR) is 247 cm³/mol. The van der Waals surface area contributed by atoms with E-state index in [0.29, 0.717) is 0 Å². The monoisotopic (exact) mass is 750 g/mol. The summed E-state index contributed by atoms with van der Waals surface area (Å²) in [5.41, 5.74) is 16.5. The Morgan fingerprint density at radius 3 is 1.47 bits per heavy atom. The summed E-state index contributed by atoms with van der Waals surface area (Å²) >= 11 is 0. The second-order valence-electron chi connectivity index (χ2n) is 15.6. The van der Waals surface area contributed by atoms with Crippen LogP contribution in [0.3, 0.4) is 0 Å². The number of rotatable bonds is 6. The van der Waals surface area contributed by atoms with Gasteiger partial charge in [0.1, 0.15) is 0 Å². The highest BCUT2D eigenvalue weighted by molar-refractivity contribution is 6.11. The molecule has 10 aromatic rings. The molecule has 0 aliphatic heterocycles. The van der Waals surface area contributed by atoms with Crippen molar-refractivity contribution in [2.45, 2.75) is 5.41 Å². The third-order valence-electron chi connectivity index (χ3n) is 12.6. The lowest BCUT2D eigenvalue weighted by Gasteiger charge is -2.36. The summed E-state index contributed by atoms with van der Waals surface area (Å²) in [6.07, 6.45) is 0. The molecule has 1 atom stereocenters.